The van der Waals surface area contributed by atoms with Crippen molar-refractivity contribution < 1.29 is 37.4 Å². The van der Waals surface area contributed by atoms with E-state index in [9.17, 15) is 37.5 Å². The zero-order valence-electron chi connectivity index (χ0n) is 23.7. The first kappa shape index (κ1) is 31.7. The molecule has 2 aliphatic rings. The number of nitrogens with zero attached hydrogens (tertiary/aromatic N) is 2. The highest BCUT2D eigenvalue weighted by molar-refractivity contribution is 8.00. The number of imide groups is 1. The summed E-state index contributed by atoms with van der Waals surface area (Å²) in [6, 6.07) is 14.8. The Balaban J connectivity index is 1.41. The van der Waals surface area contributed by atoms with E-state index in [1.54, 1.807) is 43.3 Å². The fraction of sp³-hybridized carbons (Fsp3) is 0.226. The summed E-state index contributed by atoms with van der Waals surface area (Å²) in [5, 5.41) is 12.5. The number of ether oxygens (including phenoxy) is 1. The molecule has 0 bridgehead atoms. The van der Waals surface area contributed by atoms with Crippen molar-refractivity contribution in [2.45, 2.75) is 35.8 Å². The lowest BCUT2D eigenvalue weighted by molar-refractivity contribution is -0.137. The minimum Gasteiger partial charge on any atom is -0.504 e. The predicted octanol–water partition coefficient (Wildman–Crippen LogP) is 6.12. The topological polar surface area (TPSA) is 118 Å². The number of nitrogens with one attached hydrogen (secondary N) is 1. The number of halogens is 4. The largest absolute Gasteiger partial charge is 0.504 e. The Hall–Kier alpha value is -4.27. The molecule has 3 atom stereocenters. The normalized spacial score (nSPS) is 19.2. The minimum atomic E-state index is -4.62. The average molecular weight is 690 g/mol. The number of thioether (sulfide) groups is 1. The molecule has 6 rings (SSSR count). The van der Waals surface area contributed by atoms with Gasteiger partial charge < -0.3 is 15.2 Å². The third-order valence-electron chi connectivity index (χ3n) is 7.55. The van der Waals surface area contributed by atoms with Gasteiger partial charge in [0.1, 0.15) is 11.8 Å². The van der Waals surface area contributed by atoms with Crippen LogP contribution in [0.2, 0.25) is 5.02 Å². The van der Waals surface area contributed by atoms with E-state index in [2.05, 4.69) is 5.32 Å². The fourth-order valence-electron chi connectivity index (χ4n) is 5.57. The van der Waals surface area contributed by atoms with E-state index in [0.717, 1.165) is 50.8 Å². The van der Waals surface area contributed by atoms with Gasteiger partial charge in [0.25, 0.3) is 0 Å². The zero-order valence-corrected chi connectivity index (χ0v) is 26.1. The predicted molar refractivity (Wildman–Crippen MR) is 167 cm³/mol. The summed E-state index contributed by atoms with van der Waals surface area (Å²) in [7, 11) is 0. The van der Waals surface area contributed by atoms with E-state index in [-0.39, 0.29) is 28.8 Å². The van der Waals surface area contributed by atoms with E-state index >= 15 is 0 Å². The van der Waals surface area contributed by atoms with Gasteiger partial charge in [0.05, 0.1) is 28.8 Å². The molecule has 9 nitrogen and oxygen atoms in total. The van der Waals surface area contributed by atoms with Gasteiger partial charge in [-0.1, -0.05) is 46.8 Å². The number of thiazole rings is 1. The van der Waals surface area contributed by atoms with Gasteiger partial charge in [-0.25, -0.2) is 4.90 Å². The molecular formula is C31H23ClF3N3O6S2. The molecule has 15 heteroatoms. The van der Waals surface area contributed by atoms with Crippen molar-refractivity contribution >= 4 is 63.8 Å². The van der Waals surface area contributed by atoms with Crippen molar-refractivity contribution in [3.05, 3.63) is 97.4 Å². The Kier molecular flexibility index (Phi) is 8.38. The van der Waals surface area contributed by atoms with Crippen molar-refractivity contribution in [2.24, 2.45) is 5.92 Å². The Bertz CT molecular complexity index is 1930. The fourth-order valence-corrected chi connectivity index (χ4v) is 8.47. The zero-order chi connectivity index (χ0) is 32.9. The van der Waals surface area contributed by atoms with E-state index in [4.69, 9.17) is 16.3 Å². The number of amides is 3. The van der Waals surface area contributed by atoms with Gasteiger partial charge >= 0.3 is 11.0 Å². The van der Waals surface area contributed by atoms with Crippen molar-refractivity contribution in [1.82, 2.24) is 4.57 Å². The minimum absolute atomic E-state index is 0.106. The average Bonchev–Trinajstić information content (AvgIpc) is 3.45. The number of alkyl halides is 3. The van der Waals surface area contributed by atoms with Crippen molar-refractivity contribution in [3.63, 3.8) is 0 Å². The number of aromatic hydroxyl groups is 1. The molecule has 0 radical (unpaired) electrons. The first-order valence-electron chi connectivity index (χ1n) is 13.8. The van der Waals surface area contributed by atoms with Crippen LogP contribution in [0.15, 0.2) is 76.6 Å². The van der Waals surface area contributed by atoms with Crippen LogP contribution in [0.25, 0.3) is 0 Å². The number of phenols is 1. The number of carbonyl (C=O) groups is 3. The molecule has 2 N–H and O–H groups in total. The van der Waals surface area contributed by atoms with Crippen LogP contribution < -0.4 is 19.8 Å². The van der Waals surface area contributed by atoms with Crippen LogP contribution in [0.3, 0.4) is 0 Å². The molecule has 0 aliphatic carbocycles. The second kappa shape index (κ2) is 12.2. The number of aromatic nitrogens is 1. The summed E-state index contributed by atoms with van der Waals surface area (Å²) in [6.07, 6.45) is -4.62. The van der Waals surface area contributed by atoms with Gasteiger partial charge in [0.15, 0.2) is 11.5 Å². The summed E-state index contributed by atoms with van der Waals surface area (Å²) >= 11 is 7.82. The first-order chi connectivity index (χ1) is 21.9. The van der Waals surface area contributed by atoms with Gasteiger partial charge in [-0.3, -0.25) is 23.7 Å². The van der Waals surface area contributed by atoms with Crippen molar-refractivity contribution in [3.8, 4) is 11.5 Å². The number of fused-ring (bicyclic) bond motifs is 2. The molecule has 2 aliphatic heterocycles. The Morgan fingerprint density at radius 3 is 2.48 bits per heavy atom. The molecule has 1 fully saturated rings. The summed E-state index contributed by atoms with van der Waals surface area (Å²) in [6.45, 7) is 1.42. The maximum atomic E-state index is 14.0. The smallest absolute Gasteiger partial charge is 0.416 e. The van der Waals surface area contributed by atoms with E-state index < -0.39 is 58.0 Å². The van der Waals surface area contributed by atoms with Crippen LogP contribution >= 0.6 is 34.7 Å². The molecule has 1 aromatic heterocycles. The van der Waals surface area contributed by atoms with Gasteiger partial charge in [0.2, 0.25) is 17.7 Å². The summed E-state index contributed by atoms with van der Waals surface area (Å²) in [5.41, 5.74) is -0.242. The lowest BCUT2D eigenvalue weighted by atomic mass is 9.83. The number of rotatable bonds is 7. The lowest BCUT2D eigenvalue weighted by Crippen LogP contribution is -2.33. The summed E-state index contributed by atoms with van der Waals surface area (Å²) in [4.78, 5) is 55.3. The number of hydrogen-bond acceptors (Lipinski definition) is 8. The van der Waals surface area contributed by atoms with Crippen LogP contribution in [0.5, 0.6) is 11.5 Å². The third kappa shape index (κ3) is 5.76. The molecule has 3 amide bonds. The third-order valence-corrected chi connectivity index (χ3v) is 10.4. The molecular weight excluding hydrogens is 667 g/mol. The van der Waals surface area contributed by atoms with Crippen LogP contribution in [0.4, 0.5) is 24.5 Å². The van der Waals surface area contributed by atoms with Gasteiger partial charge in [-0.05, 0) is 67.1 Å². The highest BCUT2D eigenvalue weighted by Crippen LogP contribution is 2.54. The molecule has 3 heterocycles. The SMILES string of the molecule is CCOc1cc([C@@H]2c3sc(=O)n(CC(=O)Nc4cccc(C(F)(F)F)c4)c3S[C@@H]3C(=O)N(c4ccc(Cl)cc4)C(=O)[C@H]23)ccc1O. The molecule has 0 saturated carbocycles. The van der Waals surface area contributed by atoms with Crippen LogP contribution in [0, 0.1) is 5.92 Å². The second-order valence-electron chi connectivity index (χ2n) is 10.4. The maximum Gasteiger partial charge on any atom is 0.416 e. The van der Waals surface area contributed by atoms with Crippen molar-refractivity contribution in [2.75, 3.05) is 16.8 Å². The van der Waals surface area contributed by atoms with E-state index in [1.165, 1.54) is 12.1 Å². The van der Waals surface area contributed by atoms with Crippen LogP contribution in [-0.4, -0.2) is 39.3 Å². The highest BCUT2D eigenvalue weighted by Gasteiger charge is 2.57. The number of hydrogen-bond donors (Lipinski definition) is 2. The number of anilines is 2. The molecule has 46 heavy (non-hydrogen) atoms. The van der Waals surface area contributed by atoms with Gasteiger partial charge in [-0.2, -0.15) is 13.2 Å². The van der Waals surface area contributed by atoms with E-state index in [0.29, 0.717) is 21.2 Å². The second-order valence-corrected chi connectivity index (χ2v) is 13.0. The lowest BCUT2D eigenvalue weighted by Gasteiger charge is -2.31. The molecule has 3 aromatic carbocycles. The standard InChI is InChI=1S/C31H23ClF3N3O6S2/c1-2-44-21-12-15(6-11-20(21)39)23-24-25(28(42)38(27(24)41)19-9-7-17(32)8-10-19)45-29-26(23)46-30(43)37(29)14-22(40)36-18-5-3-4-16(13-18)31(33,34)35/h3-13,23-25,39H,2,14H2,1H3,(H,36,40)/t23-,24+,25-/m0/s1. The highest BCUT2D eigenvalue weighted by atomic mass is 35.5. The molecule has 238 valence electrons. The Labute approximate surface area is 272 Å². The van der Waals surface area contributed by atoms with Gasteiger partial charge in [0, 0.05) is 21.5 Å². The van der Waals surface area contributed by atoms with Gasteiger partial charge in [-0.15, -0.1) is 0 Å². The molecule has 0 spiro atoms. The number of carbonyl (C=O) groups excluding carboxylic acids is 3. The Morgan fingerprint density at radius 2 is 1.78 bits per heavy atom. The monoisotopic (exact) mass is 689 g/mol. The molecule has 0 unspecified atom stereocenters. The van der Waals surface area contributed by atoms with Crippen molar-refractivity contribution in [1.29, 1.82) is 0 Å². The molecule has 4 aromatic rings. The van der Waals surface area contributed by atoms with Crippen LogP contribution in [0.1, 0.15) is 28.8 Å². The van der Waals surface area contributed by atoms with Crippen LogP contribution in [-0.2, 0) is 27.1 Å². The van der Waals surface area contributed by atoms with E-state index in [1.807, 2.05) is 0 Å². The summed E-state index contributed by atoms with van der Waals surface area (Å²) < 4.78 is 46.3. The number of phenolic OH excluding ortho intramolecular Hbond substituents is 1. The Morgan fingerprint density at radius 1 is 1.04 bits per heavy atom. The maximum absolute atomic E-state index is 14.0. The quantitative estimate of drug-likeness (QED) is 0.225. The number of benzene rings is 3. The molecule has 1 saturated heterocycles. The first-order valence-corrected chi connectivity index (χ1v) is 15.9. The summed E-state index contributed by atoms with van der Waals surface area (Å²) in [5.74, 6) is -3.57.